The van der Waals surface area contributed by atoms with Gasteiger partial charge in [0.2, 0.25) is 0 Å². The second-order valence-corrected chi connectivity index (χ2v) is 12.2. The molecule has 1 aromatic rings. The molecule has 1 unspecified atom stereocenters. The lowest BCUT2D eigenvalue weighted by molar-refractivity contribution is -0.110. The Labute approximate surface area is 188 Å². The smallest absolute Gasteiger partial charge is 0.171 e. The molecule has 5 nitrogen and oxygen atoms in total. The highest BCUT2D eigenvalue weighted by molar-refractivity contribution is 5.07. The van der Waals surface area contributed by atoms with E-state index in [-0.39, 0.29) is 5.60 Å². The fourth-order valence-electron chi connectivity index (χ4n) is 9.42. The van der Waals surface area contributed by atoms with Crippen molar-refractivity contribution in [2.45, 2.75) is 110 Å². The van der Waals surface area contributed by atoms with Crippen molar-refractivity contribution in [2.24, 2.45) is 46.8 Å². The Kier molecular flexibility index (Phi) is 5.72. The summed E-state index contributed by atoms with van der Waals surface area (Å²) >= 11 is 0. The summed E-state index contributed by atoms with van der Waals surface area (Å²) < 4.78 is 0. The minimum atomic E-state index is -0.354. The van der Waals surface area contributed by atoms with Crippen LogP contribution >= 0.6 is 0 Å². The number of nitrogens with zero attached hydrogens (tertiary/aromatic N) is 4. The number of fused-ring (bicyclic) bond motifs is 5. The van der Waals surface area contributed by atoms with Gasteiger partial charge in [-0.3, -0.25) is 0 Å². The molecular weight excluding hydrogens is 384 g/mol. The molecule has 0 aromatic carbocycles. The van der Waals surface area contributed by atoms with Gasteiger partial charge in [0.25, 0.3) is 0 Å². The van der Waals surface area contributed by atoms with Crippen LogP contribution in [-0.2, 0) is 6.54 Å². The van der Waals surface area contributed by atoms with Crippen molar-refractivity contribution in [1.82, 2.24) is 20.2 Å². The standard InChI is InChI=1S/C26H44N4O/c1-5-12-26(31)14-11-20-19(15-26)6-7-22-21(20)10-13-25(4)23(8-9-24(22)25)17(2)16-30-28-18(3)27-29-30/h17,19-24,31H,5-16H2,1-4H3/t17-,19-,20+,21-,22-,23?,24+,25-,26-/m1/s1. The van der Waals surface area contributed by atoms with Crippen molar-refractivity contribution in [3.63, 3.8) is 0 Å². The molecule has 0 aliphatic heterocycles. The first-order valence-electron chi connectivity index (χ1n) is 13.3. The van der Waals surface area contributed by atoms with Crippen LogP contribution in [0.2, 0.25) is 0 Å². The fourth-order valence-corrected chi connectivity index (χ4v) is 9.42. The molecule has 31 heavy (non-hydrogen) atoms. The number of hydrogen-bond acceptors (Lipinski definition) is 4. The van der Waals surface area contributed by atoms with Crippen LogP contribution in [-0.4, -0.2) is 30.9 Å². The molecule has 1 N–H and O–H groups in total. The first kappa shape index (κ1) is 21.9. The van der Waals surface area contributed by atoms with E-state index in [9.17, 15) is 5.11 Å². The first-order chi connectivity index (χ1) is 14.8. The zero-order chi connectivity index (χ0) is 21.8. The minimum Gasteiger partial charge on any atom is -0.390 e. The van der Waals surface area contributed by atoms with Crippen molar-refractivity contribution in [3.8, 4) is 0 Å². The summed E-state index contributed by atoms with van der Waals surface area (Å²) in [4.78, 5) is 1.83. The summed E-state index contributed by atoms with van der Waals surface area (Å²) in [7, 11) is 0. The maximum absolute atomic E-state index is 11.1. The van der Waals surface area contributed by atoms with Gasteiger partial charge in [-0.05, 0) is 123 Å². The molecule has 9 atom stereocenters. The quantitative estimate of drug-likeness (QED) is 0.680. The highest BCUT2D eigenvalue weighted by Gasteiger charge is 2.58. The van der Waals surface area contributed by atoms with Crippen LogP contribution in [0.25, 0.3) is 0 Å². The van der Waals surface area contributed by atoms with Crippen LogP contribution in [0.15, 0.2) is 0 Å². The summed E-state index contributed by atoms with van der Waals surface area (Å²) in [5.41, 5.74) is 0.133. The van der Waals surface area contributed by atoms with Gasteiger partial charge in [-0.25, -0.2) is 0 Å². The second-order valence-electron chi connectivity index (χ2n) is 12.2. The molecule has 0 saturated heterocycles. The van der Waals surface area contributed by atoms with Crippen LogP contribution in [0, 0.1) is 53.8 Å². The highest BCUT2D eigenvalue weighted by Crippen LogP contribution is 2.65. The van der Waals surface area contributed by atoms with Gasteiger partial charge in [-0.1, -0.05) is 27.2 Å². The summed E-state index contributed by atoms with van der Waals surface area (Å²) in [6.45, 7) is 10.1. The molecule has 4 fully saturated rings. The maximum atomic E-state index is 11.1. The molecule has 4 saturated carbocycles. The van der Waals surface area contributed by atoms with Crippen molar-refractivity contribution in [1.29, 1.82) is 0 Å². The lowest BCUT2D eigenvalue weighted by Crippen LogP contribution is -2.51. The monoisotopic (exact) mass is 428 g/mol. The second kappa shape index (κ2) is 8.11. The third kappa shape index (κ3) is 3.77. The lowest BCUT2D eigenvalue weighted by Gasteiger charge is -2.57. The fraction of sp³-hybridized carbons (Fsp3) is 0.962. The summed E-state index contributed by atoms with van der Waals surface area (Å²) in [5.74, 6) is 6.60. The summed E-state index contributed by atoms with van der Waals surface area (Å²) in [5, 5.41) is 23.9. The molecule has 0 amide bonds. The van der Waals surface area contributed by atoms with Crippen LogP contribution < -0.4 is 0 Å². The average Bonchev–Trinajstić information content (AvgIpc) is 3.29. The van der Waals surface area contributed by atoms with Crippen molar-refractivity contribution in [3.05, 3.63) is 5.82 Å². The SMILES string of the molecule is CCC[C@@]1(O)CC[C@H]2[C@H](CC[C@@H]3[C@@H]2CC[C@]2(C)C([C@H](C)Cn4nnc(C)n4)CC[C@@H]32)C1. The maximum Gasteiger partial charge on any atom is 0.171 e. The number of aryl methyl sites for hydroxylation is 1. The highest BCUT2D eigenvalue weighted by atomic mass is 16.3. The van der Waals surface area contributed by atoms with E-state index < -0.39 is 0 Å². The molecule has 0 bridgehead atoms. The van der Waals surface area contributed by atoms with Gasteiger partial charge in [0, 0.05) is 0 Å². The van der Waals surface area contributed by atoms with Gasteiger partial charge in [-0.2, -0.15) is 4.80 Å². The Morgan fingerprint density at radius 3 is 2.61 bits per heavy atom. The van der Waals surface area contributed by atoms with Crippen LogP contribution in [0.4, 0.5) is 0 Å². The number of hydrogen-bond donors (Lipinski definition) is 1. The Hall–Kier alpha value is -0.970. The third-order valence-corrected chi connectivity index (χ3v) is 10.6. The average molecular weight is 429 g/mol. The Balaban J connectivity index is 1.28. The summed E-state index contributed by atoms with van der Waals surface area (Å²) in [6, 6.07) is 0. The van der Waals surface area contributed by atoms with E-state index in [1.165, 1.54) is 44.9 Å². The number of aliphatic hydroxyl groups is 1. The molecule has 5 heteroatoms. The Bertz CT molecular complexity index is 779. The van der Waals surface area contributed by atoms with E-state index >= 15 is 0 Å². The molecule has 5 rings (SSSR count). The van der Waals surface area contributed by atoms with Crippen molar-refractivity contribution >= 4 is 0 Å². The predicted octanol–water partition coefficient (Wildman–Crippen LogP) is 5.42. The van der Waals surface area contributed by atoms with E-state index in [0.717, 1.165) is 73.6 Å². The van der Waals surface area contributed by atoms with E-state index in [1.54, 1.807) is 0 Å². The van der Waals surface area contributed by atoms with Gasteiger partial charge in [-0.15, -0.1) is 10.2 Å². The molecule has 1 aromatic heterocycles. The normalized spacial score (nSPS) is 45.6. The topological polar surface area (TPSA) is 63.8 Å². The van der Waals surface area contributed by atoms with Crippen LogP contribution in [0.3, 0.4) is 0 Å². The largest absolute Gasteiger partial charge is 0.390 e. The number of rotatable bonds is 5. The zero-order valence-electron chi connectivity index (χ0n) is 20.3. The van der Waals surface area contributed by atoms with E-state index in [0.29, 0.717) is 11.3 Å². The number of aromatic nitrogens is 4. The predicted molar refractivity (Wildman–Crippen MR) is 122 cm³/mol. The van der Waals surface area contributed by atoms with E-state index in [2.05, 4.69) is 36.2 Å². The van der Waals surface area contributed by atoms with E-state index in [1.807, 2.05) is 11.7 Å². The third-order valence-electron chi connectivity index (χ3n) is 10.6. The van der Waals surface area contributed by atoms with Gasteiger partial charge < -0.3 is 5.11 Å². The molecule has 0 spiro atoms. The van der Waals surface area contributed by atoms with Gasteiger partial charge in [0.1, 0.15) is 0 Å². The van der Waals surface area contributed by atoms with Crippen molar-refractivity contribution < 1.29 is 5.11 Å². The zero-order valence-corrected chi connectivity index (χ0v) is 20.3. The van der Waals surface area contributed by atoms with Gasteiger partial charge in [0.15, 0.2) is 5.82 Å². The van der Waals surface area contributed by atoms with Crippen LogP contribution in [0.5, 0.6) is 0 Å². The molecule has 4 aliphatic rings. The first-order valence-corrected chi connectivity index (χ1v) is 13.3. The van der Waals surface area contributed by atoms with Crippen LogP contribution in [0.1, 0.15) is 97.2 Å². The number of tetrazole rings is 1. The van der Waals surface area contributed by atoms with Gasteiger partial charge in [0.05, 0.1) is 12.1 Å². The van der Waals surface area contributed by atoms with Gasteiger partial charge >= 0.3 is 0 Å². The summed E-state index contributed by atoms with van der Waals surface area (Å²) in [6.07, 6.45) is 14.0. The molecule has 1 heterocycles. The van der Waals surface area contributed by atoms with Crippen molar-refractivity contribution in [2.75, 3.05) is 0 Å². The Morgan fingerprint density at radius 2 is 1.87 bits per heavy atom. The molecule has 4 aliphatic carbocycles. The minimum absolute atomic E-state index is 0.354. The molecule has 174 valence electrons. The van der Waals surface area contributed by atoms with E-state index in [4.69, 9.17) is 0 Å². The lowest BCUT2D eigenvalue weighted by atomic mass is 9.48. The Morgan fingerprint density at radius 1 is 1.06 bits per heavy atom. The molecular formula is C26H44N4O. The molecule has 0 radical (unpaired) electrons.